The molecule has 0 saturated carbocycles. The van der Waals surface area contributed by atoms with Crippen LogP contribution in [-0.2, 0) is 13.6 Å². The van der Waals surface area contributed by atoms with Crippen LogP contribution in [0.1, 0.15) is 69.2 Å². The summed E-state index contributed by atoms with van der Waals surface area (Å²) in [4.78, 5) is 14.5. The Balaban J connectivity index is 1.74. The summed E-state index contributed by atoms with van der Waals surface area (Å²) in [6, 6.07) is 41.7. The van der Waals surface area contributed by atoms with E-state index in [-0.39, 0.29) is 21.8 Å². The second-order valence-electron chi connectivity index (χ2n) is 15.6. The number of Topliss-reactive ketones (excluding diaryl/α,β-unsaturated/α-hetero) is 1. The Bertz CT molecular complexity index is 1500. The molecule has 0 radical (unpaired) electrons. The van der Waals surface area contributed by atoms with Crippen molar-refractivity contribution in [1.82, 2.24) is 0 Å². The monoisotopic (exact) mass is 680 g/mol. The molecule has 0 amide bonds. The molecule has 4 aromatic carbocycles. The van der Waals surface area contributed by atoms with Crippen LogP contribution >= 0.6 is 0 Å². The summed E-state index contributed by atoms with van der Waals surface area (Å²) >= 11 is 0. The fraction of sp³-hybridized carbons (Fsp3) is 0.405. The highest BCUT2D eigenvalue weighted by Crippen LogP contribution is 2.40. The minimum Gasteiger partial charge on any atom is -0.402 e. The molecule has 0 saturated heterocycles. The number of hydrogen-bond donors (Lipinski definition) is 1. The van der Waals surface area contributed by atoms with Crippen molar-refractivity contribution in [2.24, 2.45) is 11.8 Å². The molecule has 0 aliphatic heterocycles. The first-order valence-electron chi connectivity index (χ1n) is 17.4. The van der Waals surface area contributed by atoms with E-state index in [9.17, 15) is 9.90 Å². The Labute approximate surface area is 291 Å². The second-order valence-corrected chi connectivity index (χ2v) is 24.1. The van der Waals surface area contributed by atoms with Crippen LogP contribution in [-0.4, -0.2) is 45.8 Å². The summed E-state index contributed by atoms with van der Waals surface area (Å²) in [5.41, 5.74) is 0. The second kappa shape index (κ2) is 15.2. The van der Waals surface area contributed by atoms with Gasteiger partial charge in [0.15, 0.2) is 5.78 Å². The predicted octanol–water partition coefficient (Wildman–Crippen LogP) is 7.12. The zero-order valence-corrected chi connectivity index (χ0v) is 32.6. The molecular weight excluding hydrogens is 625 g/mol. The SMILES string of the molecule is CC(C)[C@H](O[Si](c1ccccc1)(c1ccccc1)C(C)(C)C)[C@H](O)[C@@H](C)C(=O)[C@H](C)O[Si](c1ccccc1)(c1ccccc1)C(C)(C)C. The standard InChI is InChI=1S/C42H56O4Si2/c1-31(2)40(46-48(42(8,9)10,36-27-19-13-20-28-36)37-29-21-14-22-30-37)39(44)32(3)38(43)33(4)45-47(41(5,6)7,34-23-15-11-16-24-34)35-25-17-12-18-26-35/h11-33,39-40,44H,1-10H3/t32-,33-,39+,40-/m0/s1. The molecule has 4 aromatic rings. The Kier molecular flexibility index (Phi) is 11.9. The number of ketones is 1. The summed E-state index contributed by atoms with van der Waals surface area (Å²) in [6.45, 7) is 21.2. The summed E-state index contributed by atoms with van der Waals surface area (Å²) in [5, 5.41) is 16.2. The van der Waals surface area contributed by atoms with E-state index in [0.29, 0.717) is 0 Å². The minimum atomic E-state index is -2.99. The van der Waals surface area contributed by atoms with Crippen LogP contribution in [0.3, 0.4) is 0 Å². The van der Waals surface area contributed by atoms with Gasteiger partial charge in [-0.2, -0.15) is 0 Å². The molecule has 256 valence electrons. The Morgan fingerprint density at radius 1 is 0.542 bits per heavy atom. The molecule has 4 rings (SSSR count). The van der Waals surface area contributed by atoms with E-state index >= 15 is 0 Å². The Morgan fingerprint density at radius 3 is 1.10 bits per heavy atom. The van der Waals surface area contributed by atoms with Crippen molar-refractivity contribution in [3.05, 3.63) is 121 Å². The van der Waals surface area contributed by atoms with Crippen LogP contribution in [0.5, 0.6) is 0 Å². The fourth-order valence-electron chi connectivity index (χ4n) is 7.33. The lowest BCUT2D eigenvalue weighted by atomic mass is 9.88. The van der Waals surface area contributed by atoms with Crippen LogP contribution in [0.25, 0.3) is 0 Å². The zero-order valence-electron chi connectivity index (χ0n) is 30.6. The van der Waals surface area contributed by atoms with Crippen LogP contribution < -0.4 is 20.7 Å². The molecule has 4 atom stereocenters. The topological polar surface area (TPSA) is 55.8 Å². The molecule has 6 heteroatoms. The van der Waals surface area contributed by atoms with Crippen molar-refractivity contribution in [1.29, 1.82) is 0 Å². The van der Waals surface area contributed by atoms with E-state index in [1.807, 2.05) is 62.4 Å². The van der Waals surface area contributed by atoms with E-state index in [1.165, 1.54) is 0 Å². The molecule has 0 fully saturated rings. The van der Waals surface area contributed by atoms with Gasteiger partial charge in [-0.05, 0) is 43.7 Å². The van der Waals surface area contributed by atoms with Gasteiger partial charge in [-0.3, -0.25) is 4.79 Å². The average Bonchev–Trinajstić information content (AvgIpc) is 3.07. The van der Waals surface area contributed by atoms with E-state index in [2.05, 4.69) is 128 Å². The number of aliphatic hydroxyl groups excluding tert-OH is 1. The summed E-state index contributed by atoms with van der Waals surface area (Å²) in [6.07, 6.45) is -2.37. The summed E-state index contributed by atoms with van der Waals surface area (Å²) < 4.78 is 14.6. The first-order valence-corrected chi connectivity index (χ1v) is 21.2. The van der Waals surface area contributed by atoms with Crippen molar-refractivity contribution < 1.29 is 18.8 Å². The maximum atomic E-state index is 14.5. The number of hydrogen-bond acceptors (Lipinski definition) is 4. The maximum absolute atomic E-state index is 14.5. The van der Waals surface area contributed by atoms with Crippen LogP contribution in [0.2, 0.25) is 10.1 Å². The fourth-order valence-corrected chi connectivity index (χ4v) is 16.8. The highest BCUT2D eigenvalue weighted by Gasteiger charge is 2.54. The summed E-state index contributed by atoms with van der Waals surface area (Å²) in [7, 11) is -5.98. The number of carbonyl (C=O) groups excluding carboxylic acids is 1. The average molecular weight is 681 g/mol. The quantitative estimate of drug-likeness (QED) is 0.153. The number of benzene rings is 4. The number of carbonyl (C=O) groups is 1. The normalized spacial score (nSPS) is 15.5. The maximum Gasteiger partial charge on any atom is 0.262 e. The van der Waals surface area contributed by atoms with E-state index in [4.69, 9.17) is 8.85 Å². The molecular formula is C42H56O4Si2. The van der Waals surface area contributed by atoms with Gasteiger partial charge in [0.2, 0.25) is 0 Å². The van der Waals surface area contributed by atoms with Gasteiger partial charge in [0.1, 0.15) is 6.10 Å². The first kappa shape index (κ1) is 37.7. The molecule has 1 N–H and O–H groups in total. The van der Waals surface area contributed by atoms with Gasteiger partial charge in [-0.1, -0.05) is 184 Å². The molecule has 0 aromatic heterocycles. The minimum absolute atomic E-state index is 0.0511. The highest BCUT2D eigenvalue weighted by molar-refractivity contribution is 7.00. The molecule has 48 heavy (non-hydrogen) atoms. The van der Waals surface area contributed by atoms with Crippen molar-refractivity contribution >= 4 is 43.2 Å². The van der Waals surface area contributed by atoms with Gasteiger partial charge >= 0.3 is 0 Å². The number of rotatable bonds is 13. The van der Waals surface area contributed by atoms with Crippen molar-refractivity contribution in [2.75, 3.05) is 0 Å². The third-order valence-corrected chi connectivity index (χ3v) is 20.0. The van der Waals surface area contributed by atoms with E-state index in [0.717, 1.165) is 20.7 Å². The number of aliphatic hydroxyl groups is 1. The van der Waals surface area contributed by atoms with E-state index in [1.54, 1.807) is 0 Å². The van der Waals surface area contributed by atoms with Gasteiger partial charge in [0.05, 0.1) is 12.2 Å². The first-order chi connectivity index (χ1) is 22.6. The third kappa shape index (κ3) is 7.38. The molecule has 0 bridgehead atoms. The molecule has 0 spiro atoms. The Hall–Kier alpha value is -3.14. The molecule has 0 aliphatic carbocycles. The van der Waals surface area contributed by atoms with Crippen LogP contribution in [0.15, 0.2) is 121 Å². The van der Waals surface area contributed by atoms with Crippen molar-refractivity contribution in [2.45, 2.75) is 97.6 Å². The van der Waals surface area contributed by atoms with Gasteiger partial charge < -0.3 is 14.0 Å². The third-order valence-electron chi connectivity index (χ3n) is 9.86. The van der Waals surface area contributed by atoms with Crippen LogP contribution in [0.4, 0.5) is 0 Å². The molecule has 0 aliphatic rings. The molecule has 4 nitrogen and oxygen atoms in total. The zero-order chi connectivity index (χ0) is 35.3. The van der Waals surface area contributed by atoms with Gasteiger partial charge in [-0.15, -0.1) is 0 Å². The smallest absolute Gasteiger partial charge is 0.262 e. The van der Waals surface area contributed by atoms with E-state index < -0.39 is 40.9 Å². The van der Waals surface area contributed by atoms with Crippen LogP contribution in [0, 0.1) is 11.8 Å². The summed E-state index contributed by atoms with van der Waals surface area (Å²) in [5.74, 6) is -0.888. The van der Waals surface area contributed by atoms with Crippen molar-refractivity contribution in [3.63, 3.8) is 0 Å². The predicted molar refractivity (Wildman–Crippen MR) is 206 cm³/mol. The van der Waals surface area contributed by atoms with Gasteiger partial charge in [-0.25, -0.2) is 0 Å². The van der Waals surface area contributed by atoms with Crippen molar-refractivity contribution in [3.8, 4) is 0 Å². The lowest BCUT2D eigenvalue weighted by molar-refractivity contribution is -0.136. The largest absolute Gasteiger partial charge is 0.402 e. The molecule has 0 heterocycles. The molecule has 0 unspecified atom stereocenters. The lowest BCUT2D eigenvalue weighted by Gasteiger charge is -2.47. The lowest BCUT2D eigenvalue weighted by Crippen LogP contribution is -2.69. The van der Waals surface area contributed by atoms with Gasteiger partial charge in [0, 0.05) is 5.92 Å². The van der Waals surface area contributed by atoms with Gasteiger partial charge in [0.25, 0.3) is 16.6 Å². The Morgan fingerprint density at radius 2 is 0.833 bits per heavy atom. The highest BCUT2D eigenvalue weighted by atomic mass is 28.4.